The molecule has 0 saturated heterocycles. The van der Waals surface area contributed by atoms with E-state index in [-0.39, 0.29) is 11.9 Å². The third-order valence-electron chi connectivity index (χ3n) is 4.97. The van der Waals surface area contributed by atoms with Crippen molar-refractivity contribution < 1.29 is 9.53 Å². The molecule has 1 heterocycles. The molecule has 1 aliphatic carbocycles. The zero-order chi connectivity index (χ0) is 17.2. The Bertz CT molecular complexity index is 896. The van der Waals surface area contributed by atoms with Gasteiger partial charge in [0.05, 0.1) is 19.6 Å². The highest BCUT2D eigenvalue weighted by Crippen LogP contribution is 2.34. The van der Waals surface area contributed by atoms with E-state index in [1.54, 1.807) is 7.11 Å². The van der Waals surface area contributed by atoms with Crippen molar-refractivity contribution in [3.63, 3.8) is 0 Å². The van der Waals surface area contributed by atoms with Crippen molar-refractivity contribution >= 4 is 16.8 Å². The van der Waals surface area contributed by atoms with Gasteiger partial charge in [0.15, 0.2) is 0 Å². The molecule has 128 valence electrons. The van der Waals surface area contributed by atoms with Crippen LogP contribution in [0.15, 0.2) is 48.5 Å². The molecule has 4 nitrogen and oxygen atoms in total. The van der Waals surface area contributed by atoms with Crippen LogP contribution in [0.5, 0.6) is 5.75 Å². The molecule has 2 aromatic carbocycles. The van der Waals surface area contributed by atoms with Gasteiger partial charge in [-0.05, 0) is 48.6 Å². The van der Waals surface area contributed by atoms with E-state index in [0.29, 0.717) is 6.42 Å². The maximum atomic E-state index is 12.5. The highest BCUT2D eigenvalue weighted by atomic mass is 16.5. The molecule has 25 heavy (non-hydrogen) atoms. The van der Waals surface area contributed by atoms with Crippen LogP contribution in [0.2, 0.25) is 0 Å². The summed E-state index contributed by atoms with van der Waals surface area (Å²) in [4.78, 5) is 16.0. The smallest absolute Gasteiger partial charge is 0.224 e. The zero-order valence-electron chi connectivity index (χ0n) is 14.3. The number of hydrogen-bond donors (Lipinski definition) is 2. The monoisotopic (exact) mass is 334 g/mol. The molecule has 1 amide bonds. The number of rotatable bonds is 4. The van der Waals surface area contributed by atoms with Crippen LogP contribution < -0.4 is 10.1 Å². The van der Waals surface area contributed by atoms with Gasteiger partial charge >= 0.3 is 0 Å². The lowest BCUT2D eigenvalue weighted by Crippen LogP contribution is -2.32. The van der Waals surface area contributed by atoms with Crippen molar-refractivity contribution in [2.75, 3.05) is 7.11 Å². The molecule has 4 rings (SSSR count). The van der Waals surface area contributed by atoms with E-state index < -0.39 is 0 Å². The summed E-state index contributed by atoms with van der Waals surface area (Å²) in [5.74, 6) is 0.862. The van der Waals surface area contributed by atoms with E-state index in [2.05, 4.69) is 28.5 Å². The van der Waals surface area contributed by atoms with Crippen molar-refractivity contribution in [1.29, 1.82) is 0 Å². The molecule has 0 aliphatic heterocycles. The number of carbonyl (C=O) groups excluding carboxylic acids is 1. The SMILES string of the molecule is COc1ccc(CC(=O)NC2CCCc3c2[nH]c2ccccc32)cc1. The Kier molecular flexibility index (Phi) is 4.18. The molecule has 1 unspecified atom stereocenters. The van der Waals surface area contributed by atoms with E-state index >= 15 is 0 Å². The second kappa shape index (κ2) is 6.63. The quantitative estimate of drug-likeness (QED) is 0.760. The molecule has 1 atom stereocenters. The predicted molar refractivity (Wildman–Crippen MR) is 98.8 cm³/mol. The molecule has 1 aromatic heterocycles. The minimum Gasteiger partial charge on any atom is -0.497 e. The van der Waals surface area contributed by atoms with Gasteiger partial charge in [-0.2, -0.15) is 0 Å². The first-order chi connectivity index (χ1) is 12.2. The van der Waals surface area contributed by atoms with E-state index in [4.69, 9.17) is 4.74 Å². The number of hydrogen-bond acceptors (Lipinski definition) is 2. The molecule has 4 heteroatoms. The van der Waals surface area contributed by atoms with Crippen LogP contribution in [0, 0.1) is 0 Å². The van der Waals surface area contributed by atoms with Crippen LogP contribution in [0.3, 0.4) is 0 Å². The standard InChI is InChI=1S/C21H22N2O2/c1-25-15-11-9-14(10-12-15)13-20(24)22-19-8-4-6-17-16-5-2-3-7-18(16)23-21(17)19/h2-3,5,7,9-12,19,23H,4,6,8,13H2,1H3,(H,22,24). The number of aromatic nitrogens is 1. The summed E-state index contributed by atoms with van der Waals surface area (Å²) < 4.78 is 5.16. The summed E-state index contributed by atoms with van der Waals surface area (Å²) >= 11 is 0. The zero-order valence-corrected chi connectivity index (χ0v) is 14.3. The first-order valence-corrected chi connectivity index (χ1v) is 8.76. The summed E-state index contributed by atoms with van der Waals surface area (Å²) in [6.07, 6.45) is 3.54. The van der Waals surface area contributed by atoms with Crippen LogP contribution in [0.25, 0.3) is 10.9 Å². The van der Waals surface area contributed by atoms with E-state index in [1.807, 2.05) is 30.3 Å². The largest absolute Gasteiger partial charge is 0.497 e. The fourth-order valence-corrected chi connectivity index (χ4v) is 3.73. The lowest BCUT2D eigenvalue weighted by molar-refractivity contribution is -0.121. The van der Waals surface area contributed by atoms with Gasteiger partial charge in [-0.3, -0.25) is 4.79 Å². The summed E-state index contributed by atoms with van der Waals surface area (Å²) in [5, 5.41) is 4.50. The van der Waals surface area contributed by atoms with E-state index in [0.717, 1.165) is 36.1 Å². The third-order valence-corrected chi connectivity index (χ3v) is 4.97. The van der Waals surface area contributed by atoms with Gasteiger partial charge in [0.25, 0.3) is 0 Å². The number of para-hydroxylation sites is 1. The highest BCUT2D eigenvalue weighted by Gasteiger charge is 2.25. The minimum atomic E-state index is 0.0571. The van der Waals surface area contributed by atoms with Crippen molar-refractivity contribution in [3.05, 3.63) is 65.4 Å². The Morgan fingerprint density at radius 1 is 1.20 bits per heavy atom. The fraction of sp³-hybridized carbons (Fsp3) is 0.286. The highest BCUT2D eigenvalue weighted by molar-refractivity contribution is 5.85. The Labute approximate surface area is 147 Å². The first kappa shape index (κ1) is 15.8. The number of nitrogens with one attached hydrogen (secondary N) is 2. The van der Waals surface area contributed by atoms with Gasteiger partial charge in [-0.25, -0.2) is 0 Å². The topological polar surface area (TPSA) is 54.1 Å². The number of aryl methyl sites for hydroxylation is 1. The molecule has 0 spiro atoms. The Morgan fingerprint density at radius 3 is 2.80 bits per heavy atom. The summed E-state index contributed by atoms with van der Waals surface area (Å²) in [6, 6.07) is 16.1. The maximum Gasteiger partial charge on any atom is 0.224 e. The maximum absolute atomic E-state index is 12.5. The van der Waals surface area contributed by atoms with Gasteiger partial charge in [0.2, 0.25) is 5.91 Å². The Hall–Kier alpha value is -2.75. The average Bonchev–Trinajstić information content (AvgIpc) is 3.02. The molecule has 3 aromatic rings. The molecule has 0 saturated carbocycles. The second-order valence-corrected chi connectivity index (χ2v) is 6.60. The molecule has 0 radical (unpaired) electrons. The summed E-state index contributed by atoms with van der Waals surface area (Å²) in [5.41, 5.74) is 4.68. The molecule has 0 bridgehead atoms. The number of benzene rings is 2. The van der Waals surface area contributed by atoms with Crippen molar-refractivity contribution in [2.45, 2.75) is 31.7 Å². The lowest BCUT2D eigenvalue weighted by Gasteiger charge is -2.24. The average molecular weight is 334 g/mol. The number of H-pyrrole nitrogens is 1. The number of methoxy groups -OCH3 is 1. The molecule has 2 N–H and O–H groups in total. The van der Waals surface area contributed by atoms with Gasteiger partial charge in [0.1, 0.15) is 5.75 Å². The third kappa shape index (κ3) is 3.12. The van der Waals surface area contributed by atoms with Crippen LogP contribution in [-0.4, -0.2) is 18.0 Å². The number of amides is 1. The van der Waals surface area contributed by atoms with Gasteiger partial charge < -0.3 is 15.0 Å². The lowest BCUT2D eigenvalue weighted by atomic mass is 9.91. The number of carbonyl (C=O) groups is 1. The minimum absolute atomic E-state index is 0.0571. The van der Waals surface area contributed by atoms with Gasteiger partial charge in [-0.1, -0.05) is 30.3 Å². The van der Waals surface area contributed by atoms with E-state index in [9.17, 15) is 4.79 Å². The predicted octanol–water partition coefficient (Wildman–Crippen LogP) is 3.91. The fourth-order valence-electron chi connectivity index (χ4n) is 3.73. The Morgan fingerprint density at radius 2 is 2.00 bits per heavy atom. The number of fused-ring (bicyclic) bond motifs is 3. The van der Waals surface area contributed by atoms with Gasteiger partial charge in [-0.15, -0.1) is 0 Å². The van der Waals surface area contributed by atoms with Crippen molar-refractivity contribution in [2.24, 2.45) is 0 Å². The van der Waals surface area contributed by atoms with Crippen molar-refractivity contribution in [1.82, 2.24) is 10.3 Å². The van der Waals surface area contributed by atoms with Crippen molar-refractivity contribution in [3.8, 4) is 5.75 Å². The molecular formula is C21H22N2O2. The number of ether oxygens (including phenoxy) is 1. The number of aromatic amines is 1. The summed E-state index contributed by atoms with van der Waals surface area (Å²) in [7, 11) is 1.64. The van der Waals surface area contributed by atoms with Crippen LogP contribution in [0.4, 0.5) is 0 Å². The van der Waals surface area contributed by atoms with Gasteiger partial charge in [0, 0.05) is 16.6 Å². The normalized spacial score (nSPS) is 16.4. The second-order valence-electron chi connectivity index (χ2n) is 6.60. The van der Waals surface area contributed by atoms with E-state index in [1.165, 1.54) is 16.6 Å². The van der Waals surface area contributed by atoms with Crippen LogP contribution in [0.1, 0.15) is 35.7 Å². The molecular weight excluding hydrogens is 312 g/mol. The molecule has 0 fully saturated rings. The molecule has 1 aliphatic rings. The van der Waals surface area contributed by atoms with Crippen LogP contribution in [-0.2, 0) is 17.6 Å². The first-order valence-electron chi connectivity index (χ1n) is 8.76. The van der Waals surface area contributed by atoms with Crippen LogP contribution >= 0.6 is 0 Å². The summed E-state index contributed by atoms with van der Waals surface area (Å²) in [6.45, 7) is 0. The Balaban J connectivity index is 1.50.